The Morgan fingerprint density at radius 2 is 1.73 bits per heavy atom. The molecule has 0 saturated carbocycles. The van der Waals surface area contributed by atoms with Crippen molar-refractivity contribution in [3.63, 3.8) is 0 Å². The first-order chi connectivity index (χ1) is 19.4. The summed E-state index contributed by atoms with van der Waals surface area (Å²) in [6.07, 6.45) is -5.95. The zero-order chi connectivity index (χ0) is 29.8. The number of aryl methyl sites for hydroxylation is 1. The second kappa shape index (κ2) is 12.2. The summed E-state index contributed by atoms with van der Waals surface area (Å²) in [7, 11) is -3.93. The molecule has 218 valence electrons. The molecular formula is C28H26F4N2O6S. The van der Waals surface area contributed by atoms with E-state index in [9.17, 15) is 35.6 Å². The number of sulfone groups is 1. The standard InChI is InChI=1S/C28H26F4N2O6S/c29-23-17-21(11-9-19(23)10-12-25(35)36)34(27(37)28(30,31)32)18-20-5-4-8-24-26(20)41(38,39)16-14-33(24)13-15-40-22-6-2-1-3-7-22/h1-9,11,17H,10,12-16,18H2,(H,35,36). The van der Waals surface area contributed by atoms with Gasteiger partial charge in [0.25, 0.3) is 0 Å². The number of anilines is 2. The van der Waals surface area contributed by atoms with Crippen LogP contribution < -0.4 is 14.5 Å². The SMILES string of the molecule is O=C(O)CCc1ccc(N(Cc2cccc3c2S(=O)(=O)CCN3CCOc2ccccc2)C(=O)C(F)(F)F)cc1F. The van der Waals surface area contributed by atoms with Gasteiger partial charge in [-0.3, -0.25) is 9.59 Å². The maximum absolute atomic E-state index is 14.7. The number of carboxylic acids is 1. The normalized spacial score (nSPS) is 14.3. The van der Waals surface area contributed by atoms with Gasteiger partial charge in [0.1, 0.15) is 18.2 Å². The highest BCUT2D eigenvalue weighted by atomic mass is 32.2. The van der Waals surface area contributed by atoms with Gasteiger partial charge in [0.15, 0.2) is 9.84 Å². The zero-order valence-electron chi connectivity index (χ0n) is 21.6. The third-order valence-electron chi connectivity index (χ3n) is 6.50. The van der Waals surface area contributed by atoms with Crippen molar-refractivity contribution in [2.45, 2.75) is 30.5 Å². The molecule has 0 spiro atoms. The van der Waals surface area contributed by atoms with Gasteiger partial charge in [-0.05, 0) is 47.9 Å². The molecule has 0 bridgehead atoms. The van der Waals surface area contributed by atoms with Crippen molar-refractivity contribution >= 4 is 33.1 Å². The van der Waals surface area contributed by atoms with Crippen LogP contribution in [-0.2, 0) is 32.4 Å². The molecule has 0 aromatic heterocycles. The van der Waals surface area contributed by atoms with Gasteiger partial charge in [-0.25, -0.2) is 12.8 Å². The molecule has 0 aliphatic carbocycles. The smallest absolute Gasteiger partial charge is 0.471 e. The van der Waals surface area contributed by atoms with Crippen molar-refractivity contribution in [1.82, 2.24) is 0 Å². The molecule has 0 atom stereocenters. The molecule has 0 fully saturated rings. The Bertz CT molecular complexity index is 1530. The van der Waals surface area contributed by atoms with Gasteiger partial charge in [0, 0.05) is 18.7 Å². The number of aliphatic carboxylic acids is 1. The van der Waals surface area contributed by atoms with E-state index in [0.29, 0.717) is 11.8 Å². The maximum atomic E-state index is 14.7. The average Bonchev–Trinajstić information content (AvgIpc) is 2.92. The van der Waals surface area contributed by atoms with E-state index in [-0.39, 0.29) is 58.5 Å². The van der Waals surface area contributed by atoms with Gasteiger partial charge in [0.2, 0.25) is 0 Å². The largest absolute Gasteiger partial charge is 0.492 e. The lowest BCUT2D eigenvalue weighted by Crippen LogP contribution is -2.42. The van der Waals surface area contributed by atoms with Crippen molar-refractivity contribution < 1.29 is 45.4 Å². The molecule has 8 nitrogen and oxygen atoms in total. The number of alkyl halides is 3. The van der Waals surface area contributed by atoms with E-state index in [1.54, 1.807) is 29.2 Å². The first-order valence-corrected chi connectivity index (χ1v) is 14.2. The molecule has 3 aromatic carbocycles. The second-order valence-corrected chi connectivity index (χ2v) is 11.3. The fraction of sp³-hybridized carbons (Fsp3) is 0.286. The molecule has 41 heavy (non-hydrogen) atoms. The number of hydrogen-bond acceptors (Lipinski definition) is 6. The summed E-state index contributed by atoms with van der Waals surface area (Å²) in [6.45, 7) is -0.177. The third kappa shape index (κ3) is 7.15. The second-order valence-electron chi connectivity index (χ2n) is 9.29. The molecule has 3 aromatic rings. The monoisotopic (exact) mass is 594 g/mol. The highest BCUT2D eigenvalue weighted by molar-refractivity contribution is 7.91. The van der Waals surface area contributed by atoms with E-state index in [0.717, 1.165) is 12.1 Å². The number of carbonyl (C=O) groups excluding carboxylic acids is 1. The van der Waals surface area contributed by atoms with Gasteiger partial charge in [-0.15, -0.1) is 0 Å². The van der Waals surface area contributed by atoms with E-state index < -0.39 is 52.4 Å². The zero-order valence-corrected chi connectivity index (χ0v) is 22.4. The Balaban J connectivity index is 1.66. The van der Waals surface area contributed by atoms with Gasteiger partial charge in [-0.1, -0.05) is 36.4 Å². The number of ether oxygens (including phenoxy) is 1. The number of carbonyl (C=O) groups is 2. The van der Waals surface area contributed by atoms with E-state index >= 15 is 0 Å². The summed E-state index contributed by atoms with van der Waals surface area (Å²) < 4.78 is 87.6. The first-order valence-electron chi connectivity index (χ1n) is 12.5. The van der Waals surface area contributed by atoms with E-state index in [1.807, 2.05) is 6.07 Å². The minimum Gasteiger partial charge on any atom is -0.492 e. The number of benzene rings is 3. The van der Waals surface area contributed by atoms with Crippen LogP contribution in [0.2, 0.25) is 0 Å². The Hall–Kier alpha value is -4.13. The van der Waals surface area contributed by atoms with Crippen LogP contribution in [-0.4, -0.2) is 57.0 Å². The highest BCUT2D eigenvalue weighted by Gasteiger charge is 2.44. The molecule has 0 saturated heterocycles. The molecule has 1 aliphatic rings. The van der Waals surface area contributed by atoms with Crippen LogP contribution in [0.25, 0.3) is 0 Å². The number of hydrogen-bond donors (Lipinski definition) is 1. The summed E-state index contributed by atoms with van der Waals surface area (Å²) in [5.74, 6) is -4.17. The van der Waals surface area contributed by atoms with Gasteiger partial charge < -0.3 is 19.6 Å². The molecule has 1 heterocycles. The molecule has 1 N–H and O–H groups in total. The van der Waals surface area contributed by atoms with Crippen LogP contribution in [0.5, 0.6) is 5.75 Å². The van der Waals surface area contributed by atoms with Crippen molar-refractivity contribution in [3.8, 4) is 5.75 Å². The minimum atomic E-state index is -5.34. The molecule has 1 aliphatic heterocycles. The van der Waals surface area contributed by atoms with Crippen LogP contribution in [0.3, 0.4) is 0 Å². The minimum absolute atomic E-state index is 0.0522. The van der Waals surface area contributed by atoms with Gasteiger partial charge in [0.05, 0.1) is 29.4 Å². The van der Waals surface area contributed by atoms with Crippen LogP contribution in [0.15, 0.2) is 71.6 Å². The van der Waals surface area contributed by atoms with E-state index in [1.165, 1.54) is 18.2 Å². The summed E-state index contributed by atoms with van der Waals surface area (Å²) in [4.78, 5) is 25.1. The number of para-hydroxylation sites is 1. The topological polar surface area (TPSA) is 104 Å². The van der Waals surface area contributed by atoms with E-state index in [4.69, 9.17) is 9.84 Å². The van der Waals surface area contributed by atoms with Gasteiger partial charge >= 0.3 is 18.1 Å². The molecule has 4 rings (SSSR count). The Labute approximate surface area is 233 Å². The van der Waals surface area contributed by atoms with Crippen LogP contribution in [0, 0.1) is 5.82 Å². The van der Waals surface area contributed by atoms with Crippen molar-refractivity contribution in [2.75, 3.05) is 35.2 Å². The Morgan fingerprint density at radius 1 is 1.00 bits per heavy atom. The summed E-state index contributed by atoms with van der Waals surface area (Å²) in [6, 6.07) is 16.2. The number of rotatable bonds is 10. The molecule has 1 amide bonds. The number of fused-ring (bicyclic) bond motifs is 1. The predicted molar refractivity (Wildman–Crippen MR) is 142 cm³/mol. The number of halogens is 4. The molecule has 0 unspecified atom stereocenters. The number of nitrogens with zero attached hydrogens (tertiary/aromatic N) is 2. The van der Waals surface area contributed by atoms with Gasteiger partial charge in [-0.2, -0.15) is 13.2 Å². The lowest BCUT2D eigenvalue weighted by atomic mass is 10.1. The van der Waals surface area contributed by atoms with Crippen molar-refractivity contribution in [1.29, 1.82) is 0 Å². The Morgan fingerprint density at radius 3 is 2.39 bits per heavy atom. The average molecular weight is 595 g/mol. The number of amides is 1. The third-order valence-corrected chi connectivity index (χ3v) is 8.32. The first kappa shape index (κ1) is 29.8. The summed E-state index contributed by atoms with van der Waals surface area (Å²) in [5.41, 5.74) is -0.310. The van der Waals surface area contributed by atoms with Crippen LogP contribution in [0.1, 0.15) is 17.5 Å². The predicted octanol–water partition coefficient (Wildman–Crippen LogP) is 4.61. The molecule has 13 heteroatoms. The summed E-state index contributed by atoms with van der Waals surface area (Å²) in [5, 5.41) is 8.83. The lowest BCUT2D eigenvalue weighted by molar-refractivity contribution is -0.170. The van der Waals surface area contributed by atoms with E-state index in [2.05, 4.69) is 0 Å². The molecule has 0 radical (unpaired) electrons. The summed E-state index contributed by atoms with van der Waals surface area (Å²) >= 11 is 0. The fourth-order valence-corrected chi connectivity index (χ4v) is 6.24. The quantitative estimate of drug-likeness (QED) is 0.342. The Kier molecular flexibility index (Phi) is 8.86. The fourth-order valence-electron chi connectivity index (χ4n) is 4.53. The number of carboxylic acid groups (broad SMARTS) is 1. The van der Waals surface area contributed by atoms with Crippen molar-refractivity contribution in [3.05, 3.63) is 83.7 Å². The lowest BCUT2D eigenvalue weighted by Gasteiger charge is -2.33. The highest BCUT2D eigenvalue weighted by Crippen LogP contribution is 2.36. The van der Waals surface area contributed by atoms with Crippen LogP contribution >= 0.6 is 0 Å². The molecular weight excluding hydrogens is 568 g/mol. The van der Waals surface area contributed by atoms with Crippen molar-refractivity contribution in [2.24, 2.45) is 0 Å². The maximum Gasteiger partial charge on any atom is 0.471 e. The van der Waals surface area contributed by atoms with Crippen LogP contribution in [0.4, 0.5) is 28.9 Å².